The van der Waals surface area contributed by atoms with Crippen LogP contribution in [0, 0.1) is 5.82 Å². The Morgan fingerprint density at radius 1 is 1.21 bits per heavy atom. The zero-order valence-corrected chi connectivity index (χ0v) is 18.5. The molecule has 1 atom stereocenters. The van der Waals surface area contributed by atoms with Gasteiger partial charge in [-0.05, 0) is 42.5 Å². The molecule has 0 aliphatic heterocycles. The second-order valence-corrected chi connectivity index (χ2v) is 8.57. The van der Waals surface area contributed by atoms with E-state index in [2.05, 4.69) is 45.8 Å². The summed E-state index contributed by atoms with van der Waals surface area (Å²) in [5, 5.41) is 6.37. The molecule has 3 N–H and O–H groups in total. The number of nitrogens with zero attached hydrogens (tertiary/aromatic N) is 4. The molecule has 1 unspecified atom stereocenters. The Hall–Kier alpha value is -4.20. The van der Waals surface area contributed by atoms with E-state index in [4.69, 9.17) is 15.6 Å². The number of aryl methyl sites for hydroxylation is 1. The number of nitrogens with two attached hydrogens (primary N) is 1. The summed E-state index contributed by atoms with van der Waals surface area (Å²) in [5.41, 5.74) is 11.8. The number of anilines is 1. The van der Waals surface area contributed by atoms with Gasteiger partial charge >= 0.3 is 0 Å². The quantitative estimate of drug-likeness (QED) is 0.365. The smallest absolute Gasteiger partial charge is 0.165 e. The van der Waals surface area contributed by atoms with Crippen molar-refractivity contribution in [1.29, 1.82) is 0 Å². The summed E-state index contributed by atoms with van der Waals surface area (Å²) in [6.45, 7) is 3.84. The van der Waals surface area contributed by atoms with Gasteiger partial charge in [0.15, 0.2) is 17.2 Å². The standard InChI is InChI=1S/C26H23FN6O/c1-2-9-34-22-13-20-17(11-19(22)27)12-21(31-20)24-23-25(28)29-14-30-26(23)33(32-24)18-8-7-15-5-3-4-6-16(15)10-18/h2-6,11-14,18,31H,1,7-10H2,(H2,28,29,30). The molecule has 6 rings (SSSR count). The molecule has 0 radical (unpaired) electrons. The maximum Gasteiger partial charge on any atom is 0.165 e. The number of ether oxygens (including phenoxy) is 1. The van der Waals surface area contributed by atoms with Crippen LogP contribution in [-0.2, 0) is 12.8 Å². The fraction of sp³-hybridized carbons (Fsp3) is 0.192. The summed E-state index contributed by atoms with van der Waals surface area (Å²) in [7, 11) is 0. The zero-order chi connectivity index (χ0) is 23.2. The van der Waals surface area contributed by atoms with Crippen LogP contribution in [0.5, 0.6) is 5.75 Å². The molecule has 0 spiro atoms. The van der Waals surface area contributed by atoms with Crippen molar-refractivity contribution in [1.82, 2.24) is 24.7 Å². The Balaban J connectivity index is 1.47. The molecule has 1 aliphatic carbocycles. The summed E-state index contributed by atoms with van der Waals surface area (Å²) >= 11 is 0. The van der Waals surface area contributed by atoms with Crippen LogP contribution in [0.4, 0.5) is 10.2 Å². The molecule has 0 bridgehead atoms. The number of hydrogen-bond acceptors (Lipinski definition) is 5. The molecule has 0 amide bonds. The number of halogens is 1. The Labute approximate surface area is 195 Å². The van der Waals surface area contributed by atoms with Crippen LogP contribution < -0.4 is 10.5 Å². The van der Waals surface area contributed by atoms with E-state index in [-0.39, 0.29) is 18.4 Å². The van der Waals surface area contributed by atoms with E-state index >= 15 is 0 Å². The third-order valence-corrected chi connectivity index (χ3v) is 6.47. The molecular formula is C26H23FN6O. The second-order valence-electron chi connectivity index (χ2n) is 8.57. The largest absolute Gasteiger partial charge is 0.486 e. The summed E-state index contributed by atoms with van der Waals surface area (Å²) in [6, 6.07) is 13.6. The minimum absolute atomic E-state index is 0.154. The molecule has 34 heavy (non-hydrogen) atoms. The van der Waals surface area contributed by atoms with Gasteiger partial charge in [-0.2, -0.15) is 5.10 Å². The molecule has 1 aliphatic rings. The Morgan fingerprint density at radius 2 is 2.06 bits per heavy atom. The molecule has 0 saturated carbocycles. The molecule has 170 valence electrons. The fourth-order valence-corrected chi connectivity index (χ4v) is 4.85. The maximum atomic E-state index is 14.5. The van der Waals surface area contributed by atoms with Gasteiger partial charge in [0.1, 0.15) is 24.4 Å². The minimum atomic E-state index is -0.431. The van der Waals surface area contributed by atoms with Crippen LogP contribution in [0.1, 0.15) is 23.6 Å². The topological polar surface area (TPSA) is 94.6 Å². The van der Waals surface area contributed by atoms with Crippen molar-refractivity contribution < 1.29 is 9.13 Å². The van der Waals surface area contributed by atoms with E-state index in [0.29, 0.717) is 27.9 Å². The lowest BCUT2D eigenvalue weighted by Crippen LogP contribution is -2.20. The number of rotatable bonds is 5. The van der Waals surface area contributed by atoms with Gasteiger partial charge in [0.25, 0.3) is 0 Å². The van der Waals surface area contributed by atoms with Crippen molar-refractivity contribution in [2.24, 2.45) is 0 Å². The maximum absolute atomic E-state index is 14.5. The highest BCUT2D eigenvalue weighted by Crippen LogP contribution is 2.37. The summed E-state index contributed by atoms with van der Waals surface area (Å²) in [6.07, 6.45) is 5.86. The van der Waals surface area contributed by atoms with Gasteiger partial charge in [0, 0.05) is 17.0 Å². The summed E-state index contributed by atoms with van der Waals surface area (Å²) in [5.74, 6) is 0.0983. The highest BCUT2D eigenvalue weighted by Gasteiger charge is 2.26. The Bertz CT molecular complexity index is 1550. The van der Waals surface area contributed by atoms with E-state index in [1.807, 2.05) is 10.7 Å². The lowest BCUT2D eigenvalue weighted by molar-refractivity contribution is 0.342. The molecular weight excluding hydrogens is 431 g/mol. The Kier molecular flexibility index (Phi) is 4.79. The Morgan fingerprint density at radius 3 is 2.91 bits per heavy atom. The third-order valence-electron chi connectivity index (χ3n) is 6.47. The first-order valence-electron chi connectivity index (χ1n) is 11.2. The monoisotopic (exact) mass is 454 g/mol. The number of nitrogen functional groups attached to an aromatic ring is 1. The average Bonchev–Trinajstić information content (AvgIpc) is 3.44. The first-order valence-corrected chi connectivity index (χ1v) is 11.2. The van der Waals surface area contributed by atoms with E-state index in [1.165, 1.54) is 23.5 Å². The highest BCUT2D eigenvalue weighted by molar-refractivity contribution is 6.00. The molecule has 0 saturated heterocycles. The van der Waals surface area contributed by atoms with E-state index < -0.39 is 5.82 Å². The summed E-state index contributed by atoms with van der Waals surface area (Å²) < 4.78 is 21.9. The zero-order valence-electron chi connectivity index (χ0n) is 18.5. The van der Waals surface area contributed by atoms with Crippen LogP contribution >= 0.6 is 0 Å². The van der Waals surface area contributed by atoms with Gasteiger partial charge in [-0.15, -0.1) is 0 Å². The van der Waals surface area contributed by atoms with Gasteiger partial charge in [-0.25, -0.2) is 19.0 Å². The van der Waals surface area contributed by atoms with Crippen LogP contribution in [0.3, 0.4) is 0 Å². The van der Waals surface area contributed by atoms with Crippen LogP contribution in [-0.4, -0.2) is 31.3 Å². The predicted octanol–water partition coefficient (Wildman–Crippen LogP) is 4.99. The first kappa shape index (κ1) is 20.4. The van der Waals surface area contributed by atoms with Gasteiger partial charge in [0.2, 0.25) is 0 Å². The van der Waals surface area contributed by atoms with Crippen molar-refractivity contribution >= 4 is 27.8 Å². The number of fused-ring (bicyclic) bond motifs is 3. The average molecular weight is 455 g/mol. The number of hydrogen-bond donors (Lipinski definition) is 2. The lowest BCUT2D eigenvalue weighted by Gasteiger charge is -2.25. The SMILES string of the molecule is C=CCOc1cc2[nH]c(-c3nn(C4CCc5ccccc5C4)c4ncnc(N)c34)cc2cc1F. The molecule has 0 fully saturated rings. The van der Waals surface area contributed by atoms with Gasteiger partial charge in [-0.1, -0.05) is 36.9 Å². The van der Waals surface area contributed by atoms with Gasteiger partial charge in [-0.3, -0.25) is 0 Å². The van der Waals surface area contributed by atoms with Crippen LogP contribution in [0.15, 0.2) is 61.4 Å². The van der Waals surface area contributed by atoms with Crippen LogP contribution in [0.25, 0.3) is 33.3 Å². The van der Waals surface area contributed by atoms with Crippen molar-refractivity contribution in [3.8, 4) is 17.1 Å². The van der Waals surface area contributed by atoms with Gasteiger partial charge < -0.3 is 15.5 Å². The number of benzene rings is 2. The molecule has 3 heterocycles. The summed E-state index contributed by atoms with van der Waals surface area (Å²) in [4.78, 5) is 12.1. The van der Waals surface area contributed by atoms with Crippen LogP contribution in [0.2, 0.25) is 0 Å². The normalized spacial score (nSPS) is 15.5. The predicted molar refractivity (Wildman–Crippen MR) is 130 cm³/mol. The molecule has 2 aromatic carbocycles. The first-order chi connectivity index (χ1) is 16.6. The molecule has 3 aromatic heterocycles. The fourth-order valence-electron chi connectivity index (χ4n) is 4.85. The van der Waals surface area contributed by atoms with Crippen molar-refractivity contribution in [3.63, 3.8) is 0 Å². The third kappa shape index (κ3) is 3.30. The molecule has 7 nitrogen and oxygen atoms in total. The second kappa shape index (κ2) is 7.98. The number of aromatic nitrogens is 5. The minimum Gasteiger partial charge on any atom is -0.486 e. The van der Waals surface area contributed by atoms with E-state index in [1.54, 1.807) is 12.1 Å². The van der Waals surface area contributed by atoms with Crippen molar-refractivity contribution in [3.05, 3.63) is 78.4 Å². The van der Waals surface area contributed by atoms with Gasteiger partial charge in [0.05, 0.1) is 17.1 Å². The molecule has 5 aromatic rings. The lowest BCUT2D eigenvalue weighted by atomic mass is 9.88. The van der Waals surface area contributed by atoms with E-state index in [0.717, 1.165) is 30.5 Å². The highest BCUT2D eigenvalue weighted by atomic mass is 19.1. The number of nitrogens with one attached hydrogen (secondary N) is 1. The van der Waals surface area contributed by atoms with Crippen molar-refractivity contribution in [2.45, 2.75) is 25.3 Å². The van der Waals surface area contributed by atoms with Crippen molar-refractivity contribution in [2.75, 3.05) is 12.3 Å². The number of aromatic amines is 1. The molecule has 8 heteroatoms. The van der Waals surface area contributed by atoms with E-state index in [9.17, 15) is 4.39 Å². The number of H-pyrrole nitrogens is 1.